The fourth-order valence-electron chi connectivity index (χ4n) is 5.15. The van der Waals surface area contributed by atoms with Gasteiger partial charge in [-0.3, -0.25) is 0 Å². The third kappa shape index (κ3) is 5.27. The molecule has 0 spiro atoms. The van der Waals surface area contributed by atoms with Crippen LogP contribution in [0.1, 0.15) is 69.7 Å². The van der Waals surface area contributed by atoms with Crippen LogP contribution in [0.2, 0.25) is 0 Å². The van der Waals surface area contributed by atoms with Crippen LogP contribution in [-0.2, 0) is 23.1 Å². The lowest BCUT2D eigenvalue weighted by Gasteiger charge is -2.34. The van der Waals surface area contributed by atoms with E-state index in [0.29, 0.717) is 28.8 Å². The van der Waals surface area contributed by atoms with Crippen molar-refractivity contribution < 1.29 is 21.6 Å². The Morgan fingerprint density at radius 1 is 1.12 bits per heavy atom. The molecule has 1 aliphatic carbocycles. The lowest BCUT2D eigenvalue weighted by molar-refractivity contribution is -0.0492. The molecule has 0 amide bonds. The van der Waals surface area contributed by atoms with Crippen LogP contribution in [-0.4, -0.2) is 40.4 Å². The maximum absolute atomic E-state index is 13.6. The Labute approximate surface area is 199 Å². The van der Waals surface area contributed by atoms with E-state index in [1.165, 1.54) is 12.8 Å². The minimum Gasteiger partial charge on any atom is -0.361 e. The summed E-state index contributed by atoms with van der Waals surface area (Å²) < 4.78 is 68.2. The molecule has 2 aromatic rings. The number of hydrogen-bond donors (Lipinski definition) is 0. The second kappa shape index (κ2) is 9.89. The van der Waals surface area contributed by atoms with Gasteiger partial charge in [-0.1, -0.05) is 43.9 Å². The largest absolute Gasteiger partial charge is 0.511 e. The number of rotatable bonds is 7. The van der Waals surface area contributed by atoms with E-state index >= 15 is 0 Å². The maximum Gasteiger partial charge on any atom is 0.511 e. The van der Waals surface area contributed by atoms with Crippen LogP contribution in [0, 0.1) is 5.92 Å². The molecule has 1 saturated carbocycles. The first kappa shape index (κ1) is 25.0. The molecule has 6 nitrogen and oxygen atoms in total. The molecular weight excluding hydrogens is 465 g/mol. The van der Waals surface area contributed by atoms with Crippen LogP contribution in [0.3, 0.4) is 0 Å². The van der Waals surface area contributed by atoms with Crippen LogP contribution >= 0.6 is 0 Å². The molecule has 0 radical (unpaired) electrons. The van der Waals surface area contributed by atoms with Gasteiger partial charge in [0.1, 0.15) is 0 Å². The third-order valence-corrected chi connectivity index (χ3v) is 8.64. The topological polar surface area (TPSA) is 58.4 Å². The molecule has 2 aliphatic rings. The summed E-state index contributed by atoms with van der Waals surface area (Å²) in [6, 6.07) is 7.03. The van der Waals surface area contributed by atoms with Gasteiger partial charge in [0.25, 0.3) is 0 Å². The van der Waals surface area contributed by atoms with E-state index in [-0.39, 0.29) is 25.2 Å². The number of nitrogens with zero attached hydrogens (tertiary/aromatic N) is 4. The van der Waals surface area contributed by atoms with Crippen molar-refractivity contribution in [2.24, 2.45) is 5.92 Å². The van der Waals surface area contributed by atoms with Crippen molar-refractivity contribution in [2.75, 3.05) is 11.4 Å². The van der Waals surface area contributed by atoms with Crippen molar-refractivity contribution >= 4 is 15.7 Å². The highest BCUT2D eigenvalue weighted by Gasteiger charge is 2.51. The van der Waals surface area contributed by atoms with E-state index in [9.17, 15) is 21.6 Å². The van der Waals surface area contributed by atoms with Crippen molar-refractivity contribution in [3.63, 3.8) is 0 Å². The first-order chi connectivity index (χ1) is 16.1. The average molecular weight is 499 g/mol. The normalized spacial score (nSPS) is 20.6. The molecular formula is C24H33F3N4O2S. The zero-order valence-corrected chi connectivity index (χ0v) is 20.5. The standard InChI is InChI=1S/C24H33F3N4O2S/c1-18(2)29-14-21(28-17-29)15-31-22(12-11-19-7-3-4-8-19)16-30(34(32,33)24(25,26)27)13-20-9-5-6-10-23(20)31/h5-6,9-10,14,17-19,22H,3-4,7-8,11-13,15-16H2,1-2H3/t22-/m0/s1. The highest BCUT2D eigenvalue weighted by molar-refractivity contribution is 7.89. The summed E-state index contributed by atoms with van der Waals surface area (Å²) in [5.74, 6) is 0.549. The number of aromatic nitrogens is 2. The van der Waals surface area contributed by atoms with Gasteiger partial charge in [0.05, 0.1) is 18.6 Å². The van der Waals surface area contributed by atoms with Crippen molar-refractivity contribution in [3.8, 4) is 0 Å². The Hall–Kier alpha value is -2.07. The monoisotopic (exact) mass is 498 g/mol. The average Bonchev–Trinajstić information content (AvgIpc) is 3.43. The lowest BCUT2D eigenvalue weighted by Crippen LogP contribution is -2.47. The van der Waals surface area contributed by atoms with Gasteiger partial charge in [-0.15, -0.1) is 0 Å². The zero-order chi connectivity index (χ0) is 24.5. The number of fused-ring (bicyclic) bond motifs is 1. The number of alkyl halides is 3. The molecule has 188 valence electrons. The summed E-state index contributed by atoms with van der Waals surface area (Å²) >= 11 is 0. The number of benzene rings is 1. The molecule has 0 unspecified atom stereocenters. The van der Waals surface area contributed by atoms with E-state index in [1.807, 2.05) is 22.9 Å². The van der Waals surface area contributed by atoms with Gasteiger partial charge in [-0.25, -0.2) is 13.4 Å². The Bertz CT molecular complexity index is 1080. The quantitative estimate of drug-likeness (QED) is 0.508. The molecule has 2 heterocycles. The summed E-state index contributed by atoms with van der Waals surface area (Å²) in [4.78, 5) is 6.60. The van der Waals surface area contributed by atoms with E-state index < -0.39 is 15.5 Å². The zero-order valence-electron chi connectivity index (χ0n) is 19.7. The van der Waals surface area contributed by atoms with Crippen LogP contribution < -0.4 is 4.90 Å². The molecule has 4 rings (SSSR count). The molecule has 1 aliphatic heterocycles. The van der Waals surface area contributed by atoms with Gasteiger partial charge in [0, 0.05) is 37.1 Å². The lowest BCUT2D eigenvalue weighted by atomic mass is 9.97. The van der Waals surface area contributed by atoms with Gasteiger partial charge in [0.2, 0.25) is 0 Å². The number of halogens is 3. The van der Waals surface area contributed by atoms with E-state index in [0.717, 1.165) is 30.6 Å². The van der Waals surface area contributed by atoms with Crippen molar-refractivity contribution in [3.05, 3.63) is 48.0 Å². The smallest absolute Gasteiger partial charge is 0.361 e. The highest BCUT2D eigenvalue weighted by atomic mass is 32.2. The van der Waals surface area contributed by atoms with Gasteiger partial charge in [-0.2, -0.15) is 17.5 Å². The predicted molar refractivity (Wildman–Crippen MR) is 126 cm³/mol. The molecule has 1 aromatic heterocycles. The van der Waals surface area contributed by atoms with E-state index in [1.54, 1.807) is 18.5 Å². The van der Waals surface area contributed by atoms with Crippen molar-refractivity contribution in [1.82, 2.24) is 13.9 Å². The van der Waals surface area contributed by atoms with Crippen LogP contribution in [0.4, 0.5) is 18.9 Å². The van der Waals surface area contributed by atoms with Crippen molar-refractivity contribution in [1.29, 1.82) is 0 Å². The summed E-state index contributed by atoms with van der Waals surface area (Å²) in [7, 11) is -5.45. The molecule has 0 saturated heterocycles. The molecule has 34 heavy (non-hydrogen) atoms. The summed E-state index contributed by atoms with van der Waals surface area (Å²) in [6.07, 6.45) is 9.86. The van der Waals surface area contributed by atoms with Crippen LogP contribution in [0.15, 0.2) is 36.8 Å². The van der Waals surface area contributed by atoms with Crippen LogP contribution in [0.5, 0.6) is 0 Å². The first-order valence-electron chi connectivity index (χ1n) is 12.0. The van der Waals surface area contributed by atoms with Crippen molar-refractivity contribution in [2.45, 2.75) is 83.1 Å². The van der Waals surface area contributed by atoms with Gasteiger partial charge in [0.15, 0.2) is 0 Å². The van der Waals surface area contributed by atoms with Gasteiger partial charge >= 0.3 is 15.5 Å². The fourth-order valence-corrected chi connectivity index (χ4v) is 6.12. The second-order valence-corrected chi connectivity index (χ2v) is 11.7. The van der Waals surface area contributed by atoms with E-state index in [4.69, 9.17) is 0 Å². The number of para-hydroxylation sites is 1. The Balaban J connectivity index is 1.70. The minimum atomic E-state index is -5.45. The van der Waals surface area contributed by atoms with Gasteiger partial charge < -0.3 is 9.47 Å². The Morgan fingerprint density at radius 3 is 2.47 bits per heavy atom. The summed E-state index contributed by atoms with van der Waals surface area (Å²) in [6.45, 7) is 4.02. The maximum atomic E-state index is 13.6. The van der Waals surface area contributed by atoms with Gasteiger partial charge in [-0.05, 0) is 44.2 Å². The Morgan fingerprint density at radius 2 is 1.82 bits per heavy atom. The number of anilines is 1. The number of sulfonamides is 1. The third-order valence-electron chi connectivity index (χ3n) is 7.10. The first-order valence-corrected chi connectivity index (χ1v) is 13.4. The molecule has 10 heteroatoms. The molecule has 1 atom stereocenters. The SMILES string of the molecule is CC(C)n1cnc(CN2c3ccccc3CN(S(=O)(=O)C(F)(F)F)C[C@@H]2CCC2CCCC2)c1. The van der Waals surface area contributed by atoms with Crippen LogP contribution in [0.25, 0.3) is 0 Å². The summed E-state index contributed by atoms with van der Waals surface area (Å²) in [5.41, 5.74) is -3.18. The molecule has 1 fully saturated rings. The number of imidazole rings is 1. The number of hydrogen-bond acceptors (Lipinski definition) is 4. The minimum absolute atomic E-state index is 0.200. The molecule has 0 bridgehead atoms. The molecule has 0 N–H and O–H groups in total. The predicted octanol–water partition coefficient (Wildman–Crippen LogP) is 5.47. The highest BCUT2D eigenvalue weighted by Crippen LogP contribution is 2.37. The van der Waals surface area contributed by atoms with E-state index in [2.05, 4.69) is 23.7 Å². The molecule has 1 aromatic carbocycles. The second-order valence-electron chi connectivity index (χ2n) is 9.79. The Kier molecular flexibility index (Phi) is 7.28. The fraction of sp³-hybridized carbons (Fsp3) is 0.625. The summed E-state index contributed by atoms with van der Waals surface area (Å²) in [5, 5.41) is 0.